The molecule has 1 fully saturated rings. The van der Waals surface area contributed by atoms with E-state index in [1.807, 2.05) is 66.4 Å². The third-order valence-electron chi connectivity index (χ3n) is 4.81. The molecule has 1 amide bonds. The van der Waals surface area contributed by atoms with Crippen molar-refractivity contribution in [2.45, 2.75) is 25.9 Å². The van der Waals surface area contributed by atoms with Crippen LogP contribution in [-0.2, 0) is 0 Å². The molecule has 0 aliphatic carbocycles. The zero-order valence-electron chi connectivity index (χ0n) is 14.8. The van der Waals surface area contributed by atoms with Crippen LogP contribution in [0.25, 0.3) is 10.8 Å². The van der Waals surface area contributed by atoms with E-state index in [1.54, 1.807) is 0 Å². The first kappa shape index (κ1) is 16.5. The average Bonchev–Trinajstić information content (AvgIpc) is 2.69. The second kappa shape index (κ2) is 7.12. The lowest BCUT2D eigenvalue weighted by Crippen LogP contribution is -2.41. The molecule has 0 saturated carbocycles. The Balaban J connectivity index is 1.42. The van der Waals surface area contributed by atoms with Crippen molar-refractivity contribution in [1.82, 2.24) is 15.1 Å². The van der Waals surface area contributed by atoms with Crippen molar-refractivity contribution in [2.24, 2.45) is 0 Å². The molecule has 4 rings (SSSR count). The zero-order chi connectivity index (χ0) is 17.9. The highest BCUT2D eigenvalue weighted by Gasteiger charge is 2.25. The maximum Gasteiger partial charge on any atom is 0.254 e. The molecule has 0 unspecified atom stereocenters. The molecule has 5 heteroatoms. The number of hydrogen-bond acceptors (Lipinski definition) is 4. The van der Waals surface area contributed by atoms with Crippen LogP contribution in [0.1, 0.15) is 28.9 Å². The molecule has 1 aliphatic heterocycles. The van der Waals surface area contributed by atoms with Crippen LogP contribution in [0.4, 0.5) is 0 Å². The van der Waals surface area contributed by atoms with E-state index in [-0.39, 0.29) is 12.0 Å². The van der Waals surface area contributed by atoms with Crippen molar-refractivity contribution in [1.29, 1.82) is 0 Å². The number of ether oxygens (including phenoxy) is 1. The summed E-state index contributed by atoms with van der Waals surface area (Å²) in [4.78, 5) is 14.9. The largest absolute Gasteiger partial charge is 0.473 e. The zero-order valence-corrected chi connectivity index (χ0v) is 14.8. The van der Waals surface area contributed by atoms with E-state index in [0.717, 1.165) is 34.9 Å². The third-order valence-corrected chi connectivity index (χ3v) is 4.81. The van der Waals surface area contributed by atoms with Crippen LogP contribution in [0.2, 0.25) is 0 Å². The number of likely N-dealkylation sites (tertiary alicyclic amines) is 1. The van der Waals surface area contributed by atoms with E-state index in [9.17, 15) is 4.79 Å². The highest BCUT2D eigenvalue weighted by molar-refractivity contribution is 6.07. The Morgan fingerprint density at radius 2 is 1.77 bits per heavy atom. The molecule has 2 heterocycles. The van der Waals surface area contributed by atoms with Gasteiger partial charge in [-0.1, -0.05) is 36.4 Å². The highest BCUT2D eigenvalue weighted by Crippen LogP contribution is 2.23. The van der Waals surface area contributed by atoms with Crippen molar-refractivity contribution in [3.63, 3.8) is 0 Å². The Morgan fingerprint density at radius 3 is 2.54 bits per heavy atom. The summed E-state index contributed by atoms with van der Waals surface area (Å²) in [6.45, 7) is 3.27. The summed E-state index contributed by atoms with van der Waals surface area (Å²) >= 11 is 0. The molecule has 0 N–H and O–H groups in total. The van der Waals surface area contributed by atoms with Crippen molar-refractivity contribution in [3.8, 4) is 5.88 Å². The first-order valence-corrected chi connectivity index (χ1v) is 8.95. The molecule has 1 aliphatic rings. The van der Waals surface area contributed by atoms with Crippen molar-refractivity contribution in [3.05, 3.63) is 65.9 Å². The minimum absolute atomic E-state index is 0.0728. The van der Waals surface area contributed by atoms with Gasteiger partial charge in [0.05, 0.1) is 5.69 Å². The SMILES string of the molecule is Cc1ccc(OC2CCN(C(=O)c3cccc4ccccc34)CC2)nn1. The van der Waals surface area contributed by atoms with Crippen LogP contribution in [0, 0.1) is 6.92 Å². The monoisotopic (exact) mass is 347 g/mol. The average molecular weight is 347 g/mol. The first-order valence-electron chi connectivity index (χ1n) is 8.95. The number of aryl methyl sites for hydroxylation is 1. The predicted molar refractivity (Wildman–Crippen MR) is 100 cm³/mol. The fraction of sp³-hybridized carbons (Fsp3) is 0.286. The molecular formula is C21H21N3O2. The minimum atomic E-state index is 0.0728. The molecule has 0 bridgehead atoms. The van der Waals surface area contributed by atoms with E-state index < -0.39 is 0 Å². The second-order valence-corrected chi connectivity index (χ2v) is 6.65. The van der Waals surface area contributed by atoms with Gasteiger partial charge in [0, 0.05) is 37.6 Å². The lowest BCUT2D eigenvalue weighted by molar-refractivity contribution is 0.0587. The molecule has 1 aromatic heterocycles. The van der Waals surface area contributed by atoms with Gasteiger partial charge in [-0.25, -0.2) is 0 Å². The quantitative estimate of drug-likeness (QED) is 0.726. The summed E-state index contributed by atoms with van der Waals surface area (Å²) in [7, 11) is 0. The molecule has 0 radical (unpaired) electrons. The second-order valence-electron chi connectivity index (χ2n) is 6.65. The molecule has 0 atom stereocenters. The van der Waals surface area contributed by atoms with Gasteiger partial charge in [0.1, 0.15) is 6.10 Å². The van der Waals surface area contributed by atoms with Gasteiger partial charge in [-0.2, -0.15) is 5.10 Å². The van der Waals surface area contributed by atoms with Crippen LogP contribution < -0.4 is 4.74 Å². The Kier molecular flexibility index (Phi) is 4.52. The van der Waals surface area contributed by atoms with E-state index >= 15 is 0 Å². The number of nitrogens with zero attached hydrogens (tertiary/aromatic N) is 3. The predicted octanol–water partition coefficient (Wildman–Crippen LogP) is 3.62. The lowest BCUT2D eigenvalue weighted by atomic mass is 10.0. The summed E-state index contributed by atoms with van der Waals surface area (Å²) in [5.41, 5.74) is 1.64. The normalized spacial score (nSPS) is 15.2. The van der Waals surface area contributed by atoms with Gasteiger partial charge < -0.3 is 9.64 Å². The standard InChI is InChI=1S/C21H21N3O2/c1-15-9-10-20(23-22-15)26-17-11-13-24(14-12-17)21(25)19-8-4-6-16-5-2-3-7-18(16)19/h2-10,17H,11-14H2,1H3. The van der Waals surface area contributed by atoms with Gasteiger partial charge in [0.15, 0.2) is 0 Å². The lowest BCUT2D eigenvalue weighted by Gasteiger charge is -2.32. The van der Waals surface area contributed by atoms with Crippen molar-refractivity contribution < 1.29 is 9.53 Å². The van der Waals surface area contributed by atoms with Crippen LogP contribution in [-0.4, -0.2) is 40.2 Å². The topological polar surface area (TPSA) is 55.3 Å². The van der Waals surface area contributed by atoms with Crippen LogP contribution in [0.15, 0.2) is 54.6 Å². The number of carbonyl (C=O) groups is 1. The number of fused-ring (bicyclic) bond motifs is 1. The fourth-order valence-electron chi connectivity index (χ4n) is 3.38. The highest BCUT2D eigenvalue weighted by atomic mass is 16.5. The number of benzene rings is 2. The summed E-state index contributed by atoms with van der Waals surface area (Å²) in [5.74, 6) is 0.643. The van der Waals surface area contributed by atoms with Crippen molar-refractivity contribution >= 4 is 16.7 Å². The summed E-state index contributed by atoms with van der Waals surface area (Å²) in [5, 5.41) is 10.2. The summed E-state index contributed by atoms with van der Waals surface area (Å²) < 4.78 is 5.90. The smallest absolute Gasteiger partial charge is 0.254 e. The number of rotatable bonds is 3. The third kappa shape index (κ3) is 3.38. The molecule has 0 spiro atoms. The molecule has 1 saturated heterocycles. The molecule has 2 aromatic carbocycles. The van der Waals surface area contributed by atoms with Gasteiger partial charge in [-0.05, 0) is 29.8 Å². The van der Waals surface area contributed by atoms with Crippen LogP contribution in [0.3, 0.4) is 0 Å². The van der Waals surface area contributed by atoms with E-state index in [2.05, 4.69) is 10.2 Å². The maximum absolute atomic E-state index is 13.0. The van der Waals surface area contributed by atoms with Crippen molar-refractivity contribution in [2.75, 3.05) is 13.1 Å². The Morgan fingerprint density at radius 1 is 1.00 bits per heavy atom. The maximum atomic E-state index is 13.0. The molecule has 3 aromatic rings. The Labute approximate surface area is 152 Å². The summed E-state index contributed by atoms with van der Waals surface area (Å²) in [6, 6.07) is 17.6. The van der Waals surface area contributed by atoms with Crippen LogP contribution >= 0.6 is 0 Å². The minimum Gasteiger partial charge on any atom is -0.473 e. The van der Waals surface area contributed by atoms with E-state index in [0.29, 0.717) is 19.0 Å². The number of hydrogen-bond donors (Lipinski definition) is 0. The van der Waals surface area contributed by atoms with Gasteiger partial charge in [-0.3, -0.25) is 4.79 Å². The fourth-order valence-corrected chi connectivity index (χ4v) is 3.38. The number of carbonyl (C=O) groups excluding carboxylic acids is 1. The Hall–Kier alpha value is -2.95. The van der Waals surface area contributed by atoms with E-state index in [1.165, 1.54) is 0 Å². The molecule has 132 valence electrons. The van der Waals surface area contributed by atoms with E-state index in [4.69, 9.17) is 4.74 Å². The van der Waals surface area contributed by atoms with Gasteiger partial charge in [0.2, 0.25) is 5.88 Å². The number of amides is 1. The van der Waals surface area contributed by atoms with Gasteiger partial charge in [-0.15, -0.1) is 5.10 Å². The number of piperidine rings is 1. The van der Waals surface area contributed by atoms with Gasteiger partial charge in [0.25, 0.3) is 5.91 Å². The van der Waals surface area contributed by atoms with Crippen LogP contribution in [0.5, 0.6) is 5.88 Å². The summed E-state index contributed by atoms with van der Waals surface area (Å²) in [6.07, 6.45) is 1.67. The molecule has 26 heavy (non-hydrogen) atoms. The molecular weight excluding hydrogens is 326 g/mol. The van der Waals surface area contributed by atoms with Gasteiger partial charge >= 0.3 is 0 Å². The number of aromatic nitrogens is 2. The Bertz CT molecular complexity index is 911. The first-order chi connectivity index (χ1) is 12.7. The molecule has 5 nitrogen and oxygen atoms in total.